The first kappa shape index (κ1) is 6.55. The normalized spacial score (nSPS) is 34.8. The van der Waals surface area contributed by atoms with Crippen molar-refractivity contribution in [3.05, 3.63) is 0 Å². The molecule has 0 aromatic rings. The highest BCUT2D eigenvalue weighted by atomic mass is 16.1. The van der Waals surface area contributed by atoms with Crippen molar-refractivity contribution in [3.63, 3.8) is 0 Å². The van der Waals surface area contributed by atoms with Gasteiger partial charge in [0.05, 0.1) is 5.54 Å². The lowest BCUT2D eigenvalue weighted by atomic mass is 10.0. The molecule has 0 spiro atoms. The highest BCUT2D eigenvalue weighted by molar-refractivity contribution is 5.84. The van der Waals surface area contributed by atoms with Gasteiger partial charge in [-0.3, -0.25) is 4.79 Å². The Morgan fingerprint density at radius 3 is 2.67 bits per heavy atom. The van der Waals surface area contributed by atoms with Crippen molar-refractivity contribution >= 4 is 5.91 Å². The average molecular weight is 128 g/mol. The van der Waals surface area contributed by atoms with Crippen molar-refractivity contribution < 1.29 is 4.79 Å². The summed E-state index contributed by atoms with van der Waals surface area (Å²) in [6.45, 7) is 2.77. The summed E-state index contributed by atoms with van der Waals surface area (Å²) in [5.41, 5.74) is 4.71. The molecular weight excluding hydrogens is 116 g/mol. The fraction of sp³-hybridized carbons (Fsp3) is 0.833. The van der Waals surface area contributed by atoms with Gasteiger partial charge in [0.1, 0.15) is 0 Å². The van der Waals surface area contributed by atoms with Crippen LogP contribution in [0.25, 0.3) is 0 Å². The van der Waals surface area contributed by atoms with E-state index < -0.39 is 5.54 Å². The van der Waals surface area contributed by atoms with Crippen molar-refractivity contribution in [1.82, 2.24) is 5.32 Å². The maximum Gasteiger partial charge on any atom is 0.237 e. The standard InChI is InChI=1S/C6H12N2O/c1-6(5(7)9)3-2-4-8-6/h8H,2-4H2,1H3,(H2,7,9)/t6-/m1/s1. The van der Waals surface area contributed by atoms with Crippen molar-refractivity contribution in [2.75, 3.05) is 6.54 Å². The first-order valence-electron chi connectivity index (χ1n) is 3.20. The highest BCUT2D eigenvalue weighted by Crippen LogP contribution is 2.16. The van der Waals surface area contributed by atoms with Crippen LogP contribution in [0.4, 0.5) is 0 Å². The predicted molar refractivity (Wildman–Crippen MR) is 34.8 cm³/mol. The molecule has 1 fully saturated rings. The summed E-state index contributed by atoms with van der Waals surface area (Å²) >= 11 is 0. The van der Waals surface area contributed by atoms with E-state index in [1.807, 2.05) is 6.92 Å². The molecule has 0 aliphatic carbocycles. The molecule has 1 atom stereocenters. The molecule has 3 nitrogen and oxygen atoms in total. The largest absolute Gasteiger partial charge is 0.368 e. The van der Waals surface area contributed by atoms with Crippen LogP contribution in [0.3, 0.4) is 0 Å². The number of nitrogens with one attached hydrogen (secondary N) is 1. The second kappa shape index (κ2) is 1.99. The van der Waals surface area contributed by atoms with E-state index in [1.165, 1.54) is 0 Å². The maximum absolute atomic E-state index is 10.7. The van der Waals surface area contributed by atoms with Gasteiger partial charge in [-0.2, -0.15) is 0 Å². The number of rotatable bonds is 1. The predicted octanol–water partition coefficient (Wildman–Crippen LogP) is -0.386. The zero-order chi connectivity index (χ0) is 6.91. The van der Waals surface area contributed by atoms with Crippen LogP contribution in [0, 0.1) is 0 Å². The minimum atomic E-state index is -0.417. The number of hydrogen-bond acceptors (Lipinski definition) is 2. The fourth-order valence-electron chi connectivity index (χ4n) is 1.10. The van der Waals surface area contributed by atoms with E-state index in [4.69, 9.17) is 5.73 Å². The Bertz CT molecular complexity index is 127. The summed E-state index contributed by atoms with van der Waals surface area (Å²) in [5.74, 6) is -0.236. The Labute approximate surface area is 54.6 Å². The van der Waals surface area contributed by atoms with Gasteiger partial charge in [0, 0.05) is 0 Å². The van der Waals surface area contributed by atoms with E-state index in [2.05, 4.69) is 5.32 Å². The Balaban J connectivity index is 2.61. The molecule has 3 heteroatoms. The van der Waals surface area contributed by atoms with Gasteiger partial charge >= 0.3 is 0 Å². The van der Waals surface area contributed by atoms with Crippen LogP contribution < -0.4 is 11.1 Å². The summed E-state index contributed by atoms with van der Waals surface area (Å²) < 4.78 is 0. The first-order chi connectivity index (χ1) is 4.15. The zero-order valence-corrected chi connectivity index (χ0v) is 5.61. The van der Waals surface area contributed by atoms with E-state index in [1.54, 1.807) is 0 Å². The maximum atomic E-state index is 10.7. The molecule has 0 saturated carbocycles. The number of carbonyl (C=O) groups excluding carboxylic acids is 1. The Kier molecular flexibility index (Phi) is 1.45. The molecule has 0 aromatic carbocycles. The number of nitrogens with two attached hydrogens (primary N) is 1. The van der Waals surface area contributed by atoms with Gasteiger partial charge < -0.3 is 11.1 Å². The molecule has 1 heterocycles. The minimum absolute atomic E-state index is 0.236. The SMILES string of the molecule is C[C@]1(C(N)=O)CCCN1. The zero-order valence-electron chi connectivity index (χ0n) is 5.61. The van der Waals surface area contributed by atoms with Gasteiger partial charge in [0.15, 0.2) is 0 Å². The molecule has 0 bridgehead atoms. The molecular formula is C6H12N2O. The van der Waals surface area contributed by atoms with E-state index in [-0.39, 0.29) is 5.91 Å². The summed E-state index contributed by atoms with van der Waals surface area (Å²) in [4.78, 5) is 10.7. The summed E-state index contributed by atoms with van der Waals surface area (Å²) in [7, 11) is 0. The van der Waals surface area contributed by atoms with Crippen LogP contribution >= 0.6 is 0 Å². The Morgan fingerprint density at radius 1 is 1.78 bits per heavy atom. The quantitative estimate of drug-likeness (QED) is 0.505. The van der Waals surface area contributed by atoms with Gasteiger partial charge in [-0.05, 0) is 26.3 Å². The van der Waals surface area contributed by atoms with E-state index in [0.717, 1.165) is 19.4 Å². The number of hydrogen-bond donors (Lipinski definition) is 2. The van der Waals surface area contributed by atoms with Crippen molar-refractivity contribution in [2.45, 2.75) is 25.3 Å². The molecule has 3 N–H and O–H groups in total. The van der Waals surface area contributed by atoms with E-state index in [9.17, 15) is 4.79 Å². The Morgan fingerprint density at radius 2 is 2.44 bits per heavy atom. The molecule has 1 saturated heterocycles. The molecule has 0 unspecified atom stereocenters. The first-order valence-corrected chi connectivity index (χ1v) is 3.20. The third-order valence-electron chi connectivity index (χ3n) is 1.91. The summed E-state index contributed by atoms with van der Waals surface area (Å²) in [5, 5.41) is 3.06. The molecule has 1 aliphatic heterocycles. The summed E-state index contributed by atoms with van der Waals surface area (Å²) in [6.07, 6.45) is 1.93. The number of carbonyl (C=O) groups is 1. The van der Waals surface area contributed by atoms with Crippen molar-refractivity contribution in [2.24, 2.45) is 5.73 Å². The molecule has 0 aromatic heterocycles. The molecule has 0 radical (unpaired) electrons. The van der Waals surface area contributed by atoms with Crippen LogP contribution in [0.1, 0.15) is 19.8 Å². The van der Waals surface area contributed by atoms with Crippen molar-refractivity contribution in [3.8, 4) is 0 Å². The van der Waals surface area contributed by atoms with Crippen LogP contribution in [-0.2, 0) is 4.79 Å². The van der Waals surface area contributed by atoms with Gasteiger partial charge in [-0.1, -0.05) is 0 Å². The molecule has 1 aliphatic rings. The molecule has 52 valence electrons. The van der Waals surface area contributed by atoms with Crippen LogP contribution in [0.15, 0.2) is 0 Å². The lowest BCUT2D eigenvalue weighted by Gasteiger charge is -2.18. The van der Waals surface area contributed by atoms with Gasteiger partial charge in [0.25, 0.3) is 0 Å². The second-order valence-corrected chi connectivity index (χ2v) is 2.73. The third kappa shape index (κ3) is 1.05. The topological polar surface area (TPSA) is 55.1 Å². The van der Waals surface area contributed by atoms with Gasteiger partial charge in [-0.25, -0.2) is 0 Å². The number of primary amides is 1. The van der Waals surface area contributed by atoms with Gasteiger partial charge in [-0.15, -0.1) is 0 Å². The smallest absolute Gasteiger partial charge is 0.237 e. The van der Waals surface area contributed by atoms with Crippen molar-refractivity contribution in [1.29, 1.82) is 0 Å². The monoisotopic (exact) mass is 128 g/mol. The van der Waals surface area contributed by atoms with Crippen LogP contribution in [0.2, 0.25) is 0 Å². The fourth-order valence-corrected chi connectivity index (χ4v) is 1.10. The lowest BCUT2D eigenvalue weighted by molar-refractivity contribution is -0.123. The third-order valence-corrected chi connectivity index (χ3v) is 1.91. The average Bonchev–Trinajstić information content (AvgIpc) is 2.16. The number of amides is 1. The highest BCUT2D eigenvalue weighted by Gasteiger charge is 2.33. The molecule has 9 heavy (non-hydrogen) atoms. The van der Waals surface area contributed by atoms with Crippen LogP contribution in [0.5, 0.6) is 0 Å². The summed E-state index contributed by atoms with van der Waals surface area (Å²) in [6, 6.07) is 0. The second-order valence-electron chi connectivity index (χ2n) is 2.73. The lowest BCUT2D eigenvalue weighted by Crippen LogP contribution is -2.48. The minimum Gasteiger partial charge on any atom is -0.368 e. The van der Waals surface area contributed by atoms with E-state index in [0.29, 0.717) is 0 Å². The van der Waals surface area contributed by atoms with Crippen LogP contribution in [-0.4, -0.2) is 18.0 Å². The van der Waals surface area contributed by atoms with E-state index >= 15 is 0 Å². The van der Waals surface area contributed by atoms with Gasteiger partial charge in [0.2, 0.25) is 5.91 Å². The molecule has 1 rings (SSSR count). The Hall–Kier alpha value is -0.570. The molecule has 1 amide bonds.